The highest BCUT2D eigenvalue weighted by atomic mass is 19.4. The minimum absolute atomic E-state index is 0.0703. The van der Waals surface area contributed by atoms with Crippen LogP contribution in [0.5, 0.6) is 0 Å². The molecule has 1 aliphatic heterocycles. The van der Waals surface area contributed by atoms with Gasteiger partial charge in [0.15, 0.2) is 5.60 Å². The molecule has 0 aromatic carbocycles. The maximum absolute atomic E-state index is 12.8. The zero-order chi connectivity index (χ0) is 12.6. The van der Waals surface area contributed by atoms with E-state index in [1.807, 2.05) is 0 Å². The smallest absolute Gasteiger partial charge is 0.418 e. The molecule has 1 heterocycles. The number of likely N-dealkylation sites (tertiary alicyclic amines) is 1. The lowest BCUT2D eigenvalue weighted by molar-refractivity contribution is -0.264. The van der Waals surface area contributed by atoms with E-state index in [1.165, 1.54) is 11.8 Å². The summed E-state index contributed by atoms with van der Waals surface area (Å²) in [6.07, 6.45) is -4.71. The summed E-state index contributed by atoms with van der Waals surface area (Å²) in [5.74, 6) is -1.13. The first-order chi connectivity index (χ1) is 7.23. The number of halogens is 3. The molecule has 2 atom stereocenters. The minimum atomic E-state index is -4.48. The van der Waals surface area contributed by atoms with Crippen LogP contribution in [0.25, 0.3) is 0 Å². The number of alkyl halides is 3. The average molecular weight is 241 g/mol. The van der Waals surface area contributed by atoms with Crippen LogP contribution in [0.1, 0.15) is 13.3 Å². The highest BCUT2D eigenvalue weighted by Gasteiger charge is 2.59. The normalized spacial score (nSPS) is 29.3. The third-order valence-electron chi connectivity index (χ3n) is 3.07. The molecule has 0 aromatic heterocycles. The van der Waals surface area contributed by atoms with Crippen molar-refractivity contribution in [2.24, 2.45) is 0 Å². The first-order valence-electron chi connectivity index (χ1n) is 4.82. The highest BCUT2D eigenvalue weighted by molar-refractivity contribution is 5.72. The number of aliphatic carboxylic acids is 1. The quantitative estimate of drug-likeness (QED) is 0.804. The van der Waals surface area contributed by atoms with E-state index in [1.54, 1.807) is 0 Å². The van der Waals surface area contributed by atoms with Gasteiger partial charge in [0, 0.05) is 20.2 Å². The van der Waals surface area contributed by atoms with Crippen molar-refractivity contribution in [2.75, 3.05) is 20.2 Å². The standard InChI is InChI=1S/C9H14F3NO3/c1-6(7(14)15)13-4-3-8(5-13,16-2)9(10,11)12/h6H,3-5H2,1-2H3,(H,14,15)/t6-,8-/m0/s1. The molecule has 94 valence electrons. The zero-order valence-corrected chi connectivity index (χ0v) is 9.04. The second kappa shape index (κ2) is 4.21. The fourth-order valence-corrected chi connectivity index (χ4v) is 1.81. The lowest BCUT2D eigenvalue weighted by Gasteiger charge is -2.31. The second-order valence-corrected chi connectivity index (χ2v) is 3.93. The van der Waals surface area contributed by atoms with Gasteiger partial charge in [-0.05, 0) is 13.3 Å². The first kappa shape index (κ1) is 13.2. The van der Waals surface area contributed by atoms with Crippen LogP contribution in [-0.4, -0.2) is 54.0 Å². The molecule has 0 unspecified atom stereocenters. The van der Waals surface area contributed by atoms with Gasteiger partial charge < -0.3 is 9.84 Å². The van der Waals surface area contributed by atoms with Gasteiger partial charge in [-0.15, -0.1) is 0 Å². The summed E-state index contributed by atoms with van der Waals surface area (Å²) in [5, 5.41) is 8.72. The molecule has 0 spiro atoms. The zero-order valence-electron chi connectivity index (χ0n) is 9.04. The number of carboxylic acids is 1. The SMILES string of the molecule is CO[C@@]1(C(F)(F)F)CCN([C@@H](C)C(=O)O)C1. The van der Waals surface area contributed by atoms with Crippen molar-refractivity contribution >= 4 is 5.97 Å². The van der Waals surface area contributed by atoms with Gasteiger partial charge in [0.05, 0.1) is 0 Å². The largest absolute Gasteiger partial charge is 0.480 e. The van der Waals surface area contributed by atoms with E-state index in [0.717, 1.165) is 7.11 Å². The maximum atomic E-state index is 12.8. The van der Waals surface area contributed by atoms with Crippen molar-refractivity contribution in [3.05, 3.63) is 0 Å². The summed E-state index contributed by atoms with van der Waals surface area (Å²) < 4.78 is 42.8. The number of nitrogens with zero attached hydrogens (tertiary/aromatic N) is 1. The van der Waals surface area contributed by atoms with Gasteiger partial charge in [0.25, 0.3) is 0 Å². The lowest BCUT2D eigenvalue weighted by atomic mass is 10.0. The Bertz CT molecular complexity index is 282. The van der Waals surface area contributed by atoms with E-state index in [-0.39, 0.29) is 13.0 Å². The molecule has 1 fully saturated rings. The molecule has 0 radical (unpaired) electrons. The molecule has 1 aliphatic rings. The fourth-order valence-electron chi connectivity index (χ4n) is 1.81. The van der Waals surface area contributed by atoms with E-state index in [2.05, 4.69) is 4.74 Å². The highest BCUT2D eigenvalue weighted by Crippen LogP contribution is 2.40. The summed E-state index contributed by atoms with van der Waals surface area (Å²) in [5.41, 5.74) is -2.23. The van der Waals surface area contributed by atoms with Crippen molar-refractivity contribution in [2.45, 2.75) is 31.2 Å². The summed E-state index contributed by atoms with van der Waals surface area (Å²) in [6.45, 7) is 1.01. The van der Waals surface area contributed by atoms with Crippen LogP contribution in [0.15, 0.2) is 0 Å². The number of carbonyl (C=O) groups is 1. The van der Waals surface area contributed by atoms with Gasteiger partial charge in [-0.1, -0.05) is 0 Å². The van der Waals surface area contributed by atoms with Gasteiger partial charge in [-0.2, -0.15) is 13.2 Å². The van der Waals surface area contributed by atoms with E-state index < -0.39 is 30.3 Å². The Morgan fingerprint density at radius 1 is 1.56 bits per heavy atom. The second-order valence-electron chi connectivity index (χ2n) is 3.93. The van der Waals surface area contributed by atoms with Gasteiger partial charge >= 0.3 is 12.1 Å². The first-order valence-corrected chi connectivity index (χ1v) is 4.82. The number of hydrogen-bond donors (Lipinski definition) is 1. The van der Waals surface area contributed by atoms with Gasteiger partial charge in [0.2, 0.25) is 0 Å². The third-order valence-corrected chi connectivity index (χ3v) is 3.07. The molecule has 7 heteroatoms. The molecule has 1 rings (SSSR count). The average Bonchev–Trinajstić information content (AvgIpc) is 2.60. The van der Waals surface area contributed by atoms with Crippen LogP contribution >= 0.6 is 0 Å². The molecule has 0 aromatic rings. The Labute approximate surface area is 91.0 Å². The Hall–Kier alpha value is -0.820. The van der Waals surface area contributed by atoms with Gasteiger partial charge in [0.1, 0.15) is 6.04 Å². The van der Waals surface area contributed by atoms with Gasteiger partial charge in [-0.3, -0.25) is 9.69 Å². The summed E-state index contributed by atoms with van der Waals surface area (Å²) in [7, 11) is 1.00. The lowest BCUT2D eigenvalue weighted by Crippen LogP contribution is -2.50. The van der Waals surface area contributed by atoms with E-state index in [9.17, 15) is 18.0 Å². The van der Waals surface area contributed by atoms with Crippen LogP contribution in [-0.2, 0) is 9.53 Å². The fraction of sp³-hybridized carbons (Fsp3) is 0.889. The molecule has 1 saturated heterocycles. The Morgan fingerprint density at radius 3 is 2.44 bits per heavy atom. The Balaban J connectivity index is 2.80. The minimum Gasteiger partial charge on any atom is -0.480 e. The number of carboxylic acid groups (broad SMARTS) is 1. The molecule has 0 saturated carbocycles. The van der Waals surface area contributed by atoms with Crippen LogP contribution in [0.2, 0.25) is 0 Å². The number of ether oxygens (including phenoxy) is 1. The molecular formula is C9H14F3NO3. The monoisotopic (exact) mass is 241 g/mol. The van der Waals surface area contributed by atoms with Crippen molar-refractivity contribution < 1.29 is 27.8 Å². The van der Waals surface area contributed by atoms with E-state index >= 15 is 0 Å². The van der Waals surface area contributed by atoms with Crippen LogP contribution in [0.4, 0.5) is 13.2 Å². The predicted molar refractivity (Wildman–Crippen MR) is 49.1 cm³/mol. The molecule has 16 heavy (non-hydrogen) atoms. The summed E-state index contributed by atoms with van der Waals surface area (Å²) in [4.78, 5) is 11.9. The van der Waals surface area contributed by atoms with E-state index in [0.29, 0.717) is 0 Å². The predicted octanol–water partition coefficient (Wildman–Crippen LogP) is 1.11. The topological polar surface area (TPSA) is 49.8 Å². The van der Waals surface area contributed by atoms with Crippen LogP contribution in [0.3, 0.4) is 0 Å². The van der Waals surface area contributed by atoms with E-state index in [4.69, 9.17) is 5.11 Å². The summed E-state index contributed by atoms with van der Waals surface area (Å²) in [6, 6.07) is -0.931. The van der Waals surface area contributed by atoms with Crippen molar-refractivity contribution in [1.82, 2.24) is 4.90 Å². The molecular weight excluding hydrogens is 227 g/mol. The molecule has 4 nitrogen and oxygen atoms in total. The van der Waals surface area contributed by atoms with Crippen molar-refractivity contribution in [1.29, 1.82) is 0 Å². The molecule has 0 amide bonds. The van der Waals surface area contributed by atoms with Crippen LogP contribution in [0, 0.1) is 0 Å². The van der Waals surface area contributed by atoms with Gasteiger partial charge in [-0.25, -0.2) is 0 Å². The third kappa shape index (κ3) is 2.15. The Kier molecular flexibility index (Phi) is 3.49. The molecule has 1 N–H and O–H groups in total. The maximum Gasteiger partial charge on any atom is 0.418 e. The molecule has 0 aliphatic carbocycles. The van der Waals surface area contributed by atoms with Crippen LogP contribution < -0.4 is 0 Å². The Morgan fingerprint density at radius 2 is 2.12 bits per heavy atom. The van der Waals surface area contributed by atoms with Crippen molar-refractivity contribution in [3.8, 4) is 0 Å². The number of rotatable bonds is 3. The van der Waals surface area contributed by atoms with Crippen molar-refractivity contribution in [3.63, 3.8) is 0 Å². The molecule has 0 bridgehead atoms. The number of methoxy groups -OCH3 is 1. The summed E-state index contributed by atoms with van der Waals surface area (Å²) >= 11 is 0. The number of hydrogen-bond acceptors (Lipinski definition) is 3.